The number of anilines is 2. The van der Waals surface area contributed by atoms with E-state index in [0.717, 1.165) is 24.5 Å². The number of rotatable bonds is 8. The van der Waals surface area contributed by atoms with Gasteiger partial charge in [0.25, 0.3) is 0 Å². The molecule has 0 amide bonds. The Hall–Kier alpha value is -3.59. The molecule has 43 heavy (non-hydrogen) atoms. The van der Waals surface area contributed by atoms with E-state index < -0.39 is 17.6 Å². The van der Waals surface area contributed by atoms with Gasteiger partial charge < -0.3 is 24.3 Å². The maximum atomic E-state index is 14.5. The standard InChI is InChI=1S/C31H39F4N7O/c1-5-12-40-14-15-42(18-22(40)9-11-36)29-24-10-13-41(27-8-6-7-25(32)28(27)31(33,34)35)19-26(24)37-30(38-29)43-20(2)21-16-23(17-21)39(3)4/h5-8,12,20-23H,9-10,13-19H2,1-4H3/t20-,21?,22+,23?/m1/s1. The summed E-state index contributed by atoms with van der Waals surface area (Å²) < 4.78 is 62.5. The van der Waals surface area contributed by atoms with Crippen LogP contribution < -0.4 is 14.5 Å². The van der Waals surface area contributed by atoms with E-state index in [-0.39, 0.29) is 36.9 Å². The summed E-state index contributed by atoms with van der Waals surface area (Å²) in [4.78, 5) is 17.7. The number of allylic oxidation sites excluding steroid dienone is 1. The van der Waals surface area contributed by atoms with Crippen LogP contribution in [0.1, 0.15) is 49.9 Å². The minimum Gasteiger partial charge on any atom is -0.460 e. The molecule has 1 aromatic carbocycles. The zero-order chi connectivity index (χ0) is 30.9. The highest BCUT2D eigenvalue weighted by Crippen LogP contribution is 2.41. The van der Waals surface area contributed by atoms with E-state index in [9.17, 15) is 22.8 Å². The maximum Gasteiger partial charge on any atom is 0.421 e. The van der Waals surface area contributed by atoms with Crippen molar-refractivity contribution < 1.29 is 22.3 Å². The SMILES string of the molecule is CC=CN1CCN(c2nc(O[C@H](C)C3CC(N(C)C)C3)nc3c2CCN(c2cccc(F)c2C(F)(F)F)C3)C[C@@H]1CC#N. The van der Waals surface area contributed by atoms with E-state index in [1.54, 1.807) is 0 Å². The average Bonchev–Trinajstić information content (AvgIpc) is 2.91. The number of benzene rings is 1. The molecular formula is C31H39F4N7O. The third-order valence-corrected chi connectivity index (χ3v) is 8.97. The fraction of sp³-hybridized carbons (Fsp3) is 0.581. The van der Waals surface area contributed by atoms with Crippen LogP contribution in [0, 0.1) is 23.1 Å². The molecule has 1 saturated carbocycles. The van der Waals surface area contributed by atoms with Gasteiger partial charge in [0.2, 0.25) is 0 Å². The van der Waals surface area contributed by atoms with Crippen molar-refractivity contribution in [3.05, 3.63) is 53.1 Å². The number of hydrogen-bond acceptors (Lipinski definition) is 8. The van der Waals surface area contributed by atoms with Crippen LogP contribution in [0.5, 0.6) is 6.01 Å². The van der Waals surface area contributed by atoms with E-state index in [1.165, 1.54) is 17.0 Å². The van der Waals surface area contributed by atoms with Gasteiger partial charge in [0.05, 0.1) is 36.5 Å². The van der Waals surface area contributed by atoms with Crippen LogP contribution in [-0.4, -0.2) is 78.2 Å². The van der Waals surface area contributed by atoms with Gasteiger partial charge in [-0.3, -0.25) is 0 Å². The first-order chi connectivity index (χ1) is 20.5. The third-order valence-electron chi connectivity index (χ3n) is 8.97. The molecule has 0 N–H and O–H groups in total. The highest BCUT2D eigenvalue weighted by Gasteiger charge is 2.40. The quantitative estimate of drug-likeness (QED) is 0.381. The predicted molar refractivity (Wildman–Crippen MR) is 156 cm³/mol. The largest absolute Gasteiger partial charge is 0.460 e. The highest BCUT2D eigenvalue weighted by molar-refractivity contribution is 5.60. The molecule has 0 radical (unpaired) electrons. The van der Waals surface area contributed by atoms with Gasteiger partial charge in [-0.15, -0.1) is 0 Å². The molecule has 1 saturated heterocycles. The summed E-state index contributed by atoms with van der Waals surface area (Å²) in [6.07, 6.45) is 1.72. The molecule has 2 fully saturated rings. The number of nitrogens with zero attached hydrogens (tertiary/aromatic N) is 7. The molecule has 0 bridgehead atoms. The van der Waals surface area contributed by atoms with E-state index in [0.29, 0.717) is 55.9 Å². The van der Waals surface area contributed by atoms with E-state index in [4.69, 9.17) is 14.7 Å². The second-order valence-corrected chi connectivity index (χ2v) is 11.9. The Labute approximate surface area is 250 Å². The van der Waals surface area contributed by atoms with Crippen LogP contribution in [0.2, 0.25) is 0 Å². The minimum absolute atomic E-state index is 0.0384. The lowest BCUT2D eigenvalue weighted by molar-refractivity contribution is -0.139. The van der Waals surface area contributed by atoms with Gasteiger partial charge in [-0.05, 0) is 71.5 Å². The van der Waals surface area contributed by atoms with Gasteiger partial charge in [0.15, 0.2) is 0 Å². The van der Waals surface area contributed by atoms with Crippen molar-refractivity contribution in [1.29, 1.82) is 5.26 Å². The van der Waals surface area contributed by atoms with Crippen molar-refractivity contribution in [3.8, 4) is 12.1 Å². The molecule has 2 aromatic rings. The second kappa shape index (κ2) is 12.6. The molecule has 1 aromatic heterocycles. The average molecular weight is 602 g/mol. The number of fused-ring (bicyclic) bond motifs is 1. The second-order valence-electron chi connectivity index (χ2n) is 11.9. The highest BCUT2D eigenvalue weighted by atomic mass is 19.4. The van der Waals surface area contributed by atoms with Crippen LogP contribution in [0.15, 0.2) is 30.5 Å². The van der Waals surface area contributed by atoms with Crippen LogP contribution >= 0.6 is 0 Å². The molecule has 5 rings (SSSR count). The van der Waals surface area contributed by atoms with Gasteiger partial charge in [-0.2, -0.15) is 28.4 Å². The molecule has 2 aliphatic heterocycles. The Morgan fingerprint density at radius 2 is 1.93 bits per heavy atom. The van der Waals surface area contributed by atoms with Crippen molar-refractivity contribution in [1.82, 2.24) is 19.8 Å². The van der Waals surface area contributed by atoms with E-state index in [2.05, 4.69) is 34.9 Å². The van der Waals surface area contributed by atoms with Crippen LogP contribution in [0.25, 0.3) is 0 Å². The van der Waals surface area contributed by atoms with Gasteiger partial charge in [-0.1, -0.05) is 12.1 Å². The van der Waals surface area contributed by atoms with Gasteiger partial charge >= 0.3 is 12.2 Å². The smallest absolute Gasteiger partial charge is 0.421 e. The Morgan fingerprint density at radius 3 is 2.60 bits per heavy atom. The predicted octanol–water partition coefficient (Wildman–Crippen LogP) is 5.24. The zero-order valence-corrected chi connectivity index (χ0v) is 25.1. The summed E-state index contributed by atoms with van der Waals surface area (Å²) in [7, 11) is 4.13. The first kappa shape index (κ1) is 30.9. The molecule has 232 valence electrons. The summed E-state index contributed by atoms with van der Waals surface area (Å²) in [6.45, 7) is 6.18. The van der Waals surface area contributed by atoms with Crippen molar-refractivity contribution in [2.45, 2.75) is 70.4 Å². The summed E-state index contributed by atoms with van der Waals surface area (Å²) in [5, 5.41) is 9.49. The van der Waals surface area contributed by atoms with Crippen molar-refractivity contribution >= 4 is 11.5 Å². The lowest BCUT2D eigenvalue weighted by Gasteiger charge is -2.43. The molecular weight excluding hydrogens is 562 g/mol. The molecule has 1 aliphatic carbocycles. The lowest BCUT2D eigenvalue weighted by atomic mass is 9.76. The first-order valence-electron chi connectivity index (χ1n) is 14.8. The number of halogens is 4. The Bertz CT molecular complexity index is 1370. The molecule has 0 spiro atoms. The van der Waals surface area contributed by atoms with E-state index >= 15 is 0 Å². The number of alkyl halides is 3. The Balaban J connectivity index is 1.48. The van der Waals surface area contributed by atoms with Crippen LogP contribution in [0.3, 0.4) is 0 Å². The fourth-order valence-corrected chi connectivity index (χ4v) is 6.40. The minimum atomic E-state index is -4.84. The molecule has 2 atom stereocenters. The zero-order valence-electron chi connectivity index (χ0n) is 25.1. The first-order valence-corrected chi connectivity index (χ1v) is 14.8. The monoisotopic (exact) mass is 601 g/mol. The summed E-state index contributed by atoms with van der Waals surface area (Å²) >= 11 is 0. The summed E-state index contributed by atoms with van der Waals surface area (Å²) in [6, 6.07) is 6.40. The fourth-order valence-electron chi connectivity index (χ4n) is 6.40. The third kappa shape index (κ3) is 6.51. The Kier molecular flexibility index (Phi) is 9.02. The molecule has 0 unspecified atom stereocenters. The van der Waals surface area contributed by atoms with Crippen LogP contribution in [-0.2, 0) is 19.1 Å². The van der Waals surface area contributed by atoms with Crippen molar-refractivity contribution in [2.24, 2.45) is 5.92 Å². The van der Waals surface area contributed by atoms with Crippen LogP contribution in [0.4, 0.5) is 29.1 Å². The van der Waals surface area contributed by atoms with Crippen molar-refractivity contribution in [3.63, 3.8) is 0 Å². The summed E-state index contributed by atoms with van der Waals surface area (Å²) in [5.41, 5.74) is -0.0406. The topological polar surface area (TPSA) is 71.8 Å². The molecule has 8 nitrogen and oxygen atoms in total. The van der Waals surface area contributed by atoms with E-state index in [1.807, 2.05) is 26.1 Å². The normalized spacial score (nSPS) is 23.3. The number of piperazine rings is 1. The number of nitriles is 1. The lowest BCUT2D eigenvalue weighted by Crippen LogP contribution is -2.51. The summed E-state index contributed by atoms with van der Waals surface area (Å²) in [5.74, 6) is -0.251. The van der Waals surface area contributed by atoms with Gasteiger partial charge in [0.1, 0.15) is 23.3 Å². The Morgan fingerprint density at radius 1 is 1.16 bits per heavy atom. The molecule has 3 heterocycles. The maximum absolute atomic E-state index is 14.5. The number of ether oxygens (including phenoxy) is 1. The van der Waals surface area contributed by atoms with Gasteiger partial charge in [0, 0.05) is 37.8 Å². The molecule has 3 aliphatic rings. The molecule has 12 heteroatoms. The van der Waals surface area contributed by atoms with Crippen molar-refractivity contribution in [2.75, 3.05) is 50.1 Å². The van der Waals surface area contributed by atoms with Gasteiger partial charge in [-0.25, -0.2) is 4.39 Å². The number of aromatic nitrogens is 2. The number of hydrogen-bond donors (Lipinski definition) is 0.